The number of hydrogen-bond donors (Lipinski definition) is 0. The fourth-order valence-electron chi connectivity index (χ4n) is 3.32. The molecule has 6 heteroatoms. The van der Waals surface area contributed by atoms with Crippen molar-refractivity contribution in [1.29, 1.82) is 0 Å². The Morgan fingerprint density at radius 2 is 1.93 bits per heavy atom. The van der Waals surface area contributed by atoms with Gasteiger partial charge in [0.15, 0.2) is 6.10 Å². The standard InChI is InChI=1S/C21H18FNO3S/c1-13(20(24)23-9-8-14-4-2-3-5-15(14)12-23)26-21(25)19-11-16-10-17(22)6-7-18(16)27-19/h2-7,10-11,13H,8-9,12H2,1H3/t13-/m0/s1. The predicted molar refractivity (Wildman–Crippen MR) is 102 cm³/mol. The highest BCUT2D eigenvalue weighted by Crippen LogP contribution is 2.27. The maximum atomic E-state index is 13.3. The number of ether oxygens (including phenoxy) is 1. The fraction of sp³-hybridized carbons (Fsp3) is 0.238. The lowest BCUT2D eigenvalue weighted by Gasteiger charge is -2.30. The van der Waals surface area contributed by atoms with Gasteiger partial charge in [0.05, 0.1) is 0 Å². The quantitative estimate of drug-likeness (QED) is 0.638. The van der Waals surface area contributed by atoms with Gasteiger partial charge in [0.2, 0.25) is 0 Å². The topological polar surface area (TPSA) is 46.6 Å². The van der Waals surface area contributed by atoms with E-state index in [1.807, 2.05) is 18.2 Å². The van der Waals surface area contributed by atoms with E-state index >= 15 is 0 Å². The first-order valence-electron chi connectivity index (χ1n) is 8.77. The molecule has 0 saturated carbocycles. The largest absolute Gasteiger partial charge is 0.448 e. The molecule has 1 aliphatic heterocycles. The van der Waals surface area contributed by atoms with Gasteiger partial charge in [-0.25, -0.2) is 9.18 Å². The Kier molecular flexibility index (Phi) is 4.66. The second kappa shape index (κ2) is 7.12. The number of carbonyl (C=O) groups is 2. The molecule has 1 amide bonds. The van der Waals surface area contributed by atoms with Gasteiger partial charge in [0.1, 0.15) is 10.7 Å². The van der Waals surface area contributed by atoms with Crippen LogP contribution in [-0.4, -0.2) is 29.4 Å². The van der Waals surface area contributed by atoms with Crippen molar-refractivity contribution >= 4 is 33.3 Å². The molecule has 0 fully saturated rings. The van der Waals surface area contributed by atoms with Crippen molar-refractivity contribution in [2.75, 3.05) is 6.54 Å². The summed E-state index contributed by atoms with van der Waals surface area (Å²) in [4.78, 5) is 27.2. The zero-order valence-corrected chi connectivity index (χ0v) is 15.6. The Hall–Kier alpha value is -2.73. The Bertz CT molecular complexity index is 1030. The van der Waals surface area contributed by atoms with Crippen LogP contribution in [0.3, 0.4) is 0 Å². The maximum absolute atomic E-state index is 13.3. The number of rotatable bonds is 3. The Labute approximate surface area is 160 Å². The molecule has 1 atom stereocenters. The normalized spacial score (nSPS) is 14.7. The lowest BCUT2D eigenvalue weighted by Crippen LogP contribution is -2.42. The highest BCUT2D eigenvalue weighted by atomic mass is 32.1. The van der Waals surface area contributed by atoms with Gasteiger partial charge < -0.3 is 9.64 Å². The van der Waals surface area contributed by atoms with Gasteiger partial charge in [-0.1, -0.05) is 24.3 Å². The Morgan fingerprint density at radius 3 is 2.74 bits per heavy atom. The number of amides is 1. The first kappa shape index (κ1) is 17.7. The molecule has 1 aromatic heterocycles. The van der Waals surface area contributed by atoms with Crippen LogP contribution in [0.5, 0.6) is 0 Å². The molecule has 1 aliphatic rings. The molecule has 138 valence electrons. The van der Waals surface area contributed by atoms with E-state index in [9.17, 15) is 14.0 Å². The minimum absolute atomic E-state index is 0.204. The molecule has 0 unspecified atom stereocenters. The lowest BCUT2D eigenvalue weighted by molar-refractivity contribution is -0.140. The minimum Gasteiger partial charge on any atom is -0.448 e. The van der Waals surface area contributed by atoms with Crippen molar-refractivity contribution in [1.82, 2.24) is 4.90 Å². The van der Waals surface area contributed by atoms with Crippen LogP contribution in [0, 0.1) is 5.82 Å². The van der Waals surface area contributed by atoms with Gasteiger partial charge in [0, 0.05) is 17.8 Å². The van der Waals surface area contributed by atoms with Gasteiger partial charge in [-0.2, -0.15) is 0 Å². The number of benzene rings is 2. The summed E-state index contributed by atoms with van der Waals surface area (Å²) in [7, 11) is 0. The average Bonchev–Trinajstić information content (AvgIpc) is 3.10. The first-order valence-corrected chi connectivity index (χ1v) is 9.58. The third kappa shape index (κ3) is 3.57. The van der Waals surface area contributed by atoms with E-state index in [0.29, 0.717) is 23.4 Å². The number of halogens is 1. The molecular formula is C21H18FNO3S. The maximum Gasteiger partial charge on any atom is 0.349 e. The minimum atomic E-state index is -0.871. The van der Waals surface area contributed by atoms with Crippen molar-refractivity contribution in [3.63, 3.8) is 0 Å². The van der Waals surface area contributed by atoms with Crippen molar-refractivity contribution in [3.05, 3.63) is 70.4 Å². The Balaban J connectivity index is 1.44. The summed E-state index contributed by atoms with van der Waals surface area (Å²) in [6, 6.07) is 14.0. The van der Waals surface area contributed by atoms with Gasteiger partial charge >= 0.3 is 5.97 Å². The van der Waals surface area contributed by atoms with E-state index < -0.39 is 12.1 Å². The zero-order valence-electron chi connectivity index (χ0n) is 14.8. The average molecular weight is 383 g/mol. The molecule has 27 heavy (non-hydrogen) atoms. The van der Waals surface area contributed by atoms with Gasteiger partial charge in [-0.3, -0.25) is 4.79 Å². The van der Waals surface area contributed by atoms with E-state index in [4.69, 9.17) is 4.74 Å². The van der Waals surface area contributed by atoms with Crippen molar-refractivity contribution in [2.45, 2.75) is 26.0 Å². The zero-order chi connectivity index (χ0) is 19.0. The monoisotopic (exact) mass is 383 g/mol. The van der Waals surface area contributed by atoms with Gasteiger partial charge in [0.25, 0.3) is 5.91 Å². The number of fused-ring (bicyclic) bond motifs is 2. The van der Waals surface area contributed by atoms with Gasteiger partial charge in [-0.15, -0.1) is 11.3 Å². The number of esters is 1. The SMILES string of the molecule is C[C@H](OC(=O)c1cc2cc(F)ccc2s1)C(=O)N1CCc2ccccc2C1. The summed E-state index contributed by atoms with van der Waals surface area (Å²) >= 11 is 1.23. The van der Waals surface area contributed by atoms with E-state index in [2.05, 4.69) is 6.07 Å². The first-order chi connectivity index (χ1) is 13.0. The lowest BCUT2D eigenvalue weighted by atomic mass is 9.99. The van der Waals surface area contributed by atoms with Crippen molar-refractivity contribution in [3.8, 4) is 0 Å². The molecule has 4 rings (SSSR count). The Morgan fingerprint density at radius 1 is 1.15 bits per heavy atom. The van der Waals surface area contributed by atoms with Crippen LogP contribution in [0.1, 0.15) is 27.7 Å². The van der Waals surface area contributed by atoms with Gasteiger partial charge in [-0.05, 0) is 54.1 Å². The van der Waals surface area contributed by atoms with E-state index in [1.54, 1.807) is 24.0 Å². The van der Waals surface area contributed by atoms with Crippen LogP contribution >= 0.6 is 11.3 Å². The van der Waals surface area contributed by atoms with Crippen LogP contribution in [0.2, 0.25) is 0 Å². The summed E-state index contributed by atoms with van der Waals surface area (Å²) in [5.41, 5.74) is 2.38. The molecule has 0 aliphatic carbocycles. The number of carbonyl (C=O) groups excluding carboxylic acids is 2. The fourth-order valence-corrected chi connectivity index (χ4v) is 4.25. The second-order valence-corrected chi connectivity index (χ2v) is 7.70. The van der Waals surface area contributed by atoms with Crippen LogP contribution < -0.4 is 0 Å². The third-order valence-corrected chi connectivity index (χ3v) is 5.85. The number of hydrogen-bond acceptors (Lipinski definition) is 4. The number of nitrogens with zero attached hydrogens (tertiary/aromatic N) is 1. The van der Waals surface area contributed by atoms with E-state index in [-0.39, 0.29) is 11.7 Å². The van der Waals surface area contributed by atoms with Crippen molar-refractivity contribution in [2.24, 2.45) is 0 Å². The van der Waals surface area contributed by atoms with E-state index in [0.717, 1.165) is 16.7 Å². The summed E-state index contributed by atoms with van der Waals surface area (Å²) in [5.74, 6) is -1.12. The van der Waals surface area contributed by atoms with Crippen LogP contribution in [0.4, 0.5) is 4.39 Å². The third-order valence-electron chi connectivity index (χ3n) is 4.75. The van der Waals surface area contributed by atoms with Crippen LogP contribution in [0.15, 0.2) is 48.5 Å². The summed E-state index contributed by atoms with van der Waals surface area (Å²) in [6.07, 6.45) is -0.0745. The van der Waals surface area contributed by atoms with Crippen LogP contribution in [-0.2, 0) is 22.5 Å². The number of thiophene rings is 1. The summed E-state index contributed by atoms with van der Waals surface area (Å²) in [5, 5.41) is 0.651. The summed E-state index contributed by atoms with van der Waals surface area (Å²) in [6.45, 7) is 2.73. The van der Waals surface area contributed by atoms with Crippen LogP contribution in [0.25, 0.3) is 10.1 Å². The summed E-state index contributed by atoms with van der Waals surface area (Å²) < 4.78 is 19.5. The molecule has 2 aromatic carbocycles. The molecule has 2 heterocycles. The molecule has 0 bridgehead atoms. The molecule has 0 spiro atoms. The molecule has 0 radical (unpaired) electrons. The molecule has 0 saturated heterocycles. The highest BCUT2D eigenvalue weighted by Gasteiger charge is 2.27. The molecule has 4 nitrogen and oxygen atoms in total. The highest BCUT2D eigenvalue weighted by molar-refractivity contribution is 7.20. The van der Waals surface area contributed by atoms with E-state index in [1.165, 1.54) is 29.0 Å². The second-order valence-electron chi connectivity index (χ2n) is 6.62. The van der Waals surface area contributed by atoms with Crippen molar-refractivity contribution < 1.29 is 18.7 Å². The smallest absolute Gasteiger partial charge is 0.349 e. The molecular weight excluding hydrogens is 365 g/mol. The molecule has 3 aromatic rings. The molecule has 0 N–H and O–H groups in total. The predicted octanol–water partition coefficient (Wildman–Crippen LogP) is 4.17.